The van der Waals surface area contributed by atoms with Gasteiger partial charge in [0, 0.05) is 6.54 Å². The number of unbranched alkanes of at least 4 members (excludes halogenated alkanes) is 1. The summed E-state index contributed by atoms with van der Waals surface area (Å²) >= 11 is 0. The van der Waals surface area contributed by atoms with Gasteiger partial charge in [-0.25, -0.2) is 13.1 Å². The van der Waals surface area contributed by atoms with E-state index in [1.165, 1.54) is 24.0 Å². The Labute approximate surface area is 134 Å². The molecule has 122 valence electrons. The molecule has 0 heterocycles. The van der Waals surface area contributed by atoms with Crippen molar-refractivity contribution in [3.05, 3.63) is 41.5 Å². The molecule has 0 aromatic heterocycles. The summed E-state index contributed by atoms with van der Waals surface area (Å²) in [5, 5.41) is 0. The summed E-state index contributed by atoms with van der Waals surface area (Å²) in [4.78, 5) is 0.366. The Kier molecular flexibility index (Phi) is 6.65. The zero-order chi connectivity index (χ0) is 15.8. The lowest BCUT2D eigenvalue weighted by Gasteiger charge is -2.13. The summed E-state index contributed by atoms with van der Waals surface area (Å²) in [6, 6.07) is 7.28. The van der Waals surface area contributed by atoms with Crippen LogP contribution in [0.5, 0.6) is 0 Å². The van der Waals surface area contributed by atoms with Crippen molar-refractivity contribution < 1.29 is 8.42 Å². The third-order valence-corrected chi connectivity index (χ3v) is 5.65. The SMILES string of the molecule is CCCCc1ccc(S(=O)(=O)NCCC2=CCCCC2)cc1. The Morgan fingerprint density at radius 1 is 1.09 bits per heavy atom. The highest BCUT2D eigenvalue weighted by atomic mass is 32.2. The molecule has 0 unspecified atom stereocenters. The summed E-state index contributed by atoms with van der Waals surface area (Å²) in [5.41, 5.74) is 2.59. The van der Waals surface area contributed by atoms with Crippen LogP contribution in [0.3, 0.4) is 0 Å². The fourth-order valence-electron chi connectivity index (χ4n) is 2.78. The Hall–Kier alpha value is -1.13. The van der Waals surface area contributed by atoms with Crippen LogP contribution in [-0.4, -0.2) is 15.0 Å². The van der Waals surface area contributed by atoms with E-state index in [0.717, 1.165) is 38.5 Å². The quantitative estimate of drug-likeness (QED) is 0.729. The minimum absolute atomic E-state index is 0.366. The number of sulfonamides is 1. The van der Waals surface area contributed by atoms with Crippen molar-refractivity contribution in [1.29, 1.82) is 0 Å². The van der Waals surface area contributed by atoms with Gasteiger partial charge in [-0.05, 0) is 62.6 Å². The molecule has 0 spiro atoms. The summed E-state index contributed by atoms with van der Waals surface area (Å²) in [6.07, 6.45) is 11.1. The average Bonchev–Trinajstić information content (AvgIpc) is 2.54. The fraction of sp³-hybridized carbons (Fsp3) is 0.556. The number of hydrogen-bond donors (Lipinski definition) is 1. The van der Waals surface area contributed by atoms with Crippen LogP contribution in [0.25, 0.3) is 0 Å². The highest BCUT2D eigenvalue weighted by molar-refractivity contribution is 7.89. The van der Waals surface area contributed by atoms with Crippen molar-refractivity contribution in [2.24, 2.45) is 0 Å². The Bertz CT molecular complexity index is 588. The van der Waals surface area contributed by atoms with Gasteiger partial charge >= 0.3 is 0 Å². The zero-order valence-corrected chi connectivity index (χ0v) is 14.3. The standard InChI is InChI=1S/C18H27NO2S/c1-2-3-7-17-10-12-18(13-11-17)22(20,21)19-15-14-16-8-5-4-6-9-16/h8,10-13,19H,2-7,9,14-15H2,1H3. The van der Waals surface area contributed by atoms with E-state index in [0.29, 0.717) is 11.4 Å². The van der Waals surface area contributed by atoms with Gasteiger partial charge in [-0.15, -0.1) is 0 Å². The molecule has 0 saturated carbocycles. The number of rotatable bonds is 8. The van der Waals surface area contributed by atoms with Crippen LogP contribution in [0, 0.1) is 0 Å². The van der Waals surface area contributed by atoms with E-state index in [2.05, 4.69) is 17.7 Å². The van der Waals surface area contributed by atoms with Crippen molar-refractivity contribution >= 4 is 10.0 Å². The maximum atomic E-state index is 12.3. The van der Waals surface area contributed by atoms with Gasteiger partial charge in [0.05, 0.1) is 4.90 Å². The molecule has 2 rings (SSSR count). The summed E-state index contributed by atoms with van der Waals surface area (Å²) in [7, 11) is -3.38. The molecule has 3 nitrogen and oxygen atoms in total. The van der Waals surface area contributed by atoms with Crippen LogP contribution >= 0.6 is 0 Å². The molecular weight excluding hydrogens is 294 g/mol. The third kappa shape index (κ3) is 5.25. The first-order valence-electron chi connectivity index (χ1n) is 8.38. The minimum atomic E-state index is -3.38. The minimum Gasteiger partial charge on any atom is -0.211 e. The highest BCUT2D eigenvalue weighted by Gasteiger charge is 2.13. The highest BCUT2D eigenvalue weighted by Crippen LogP contribution is 2.20. The lowest BCUT2D eigenvalue weighted by atomic mass is 9.97. The number of benzene rings is 1. The van der Waals surface area contributed by atoms with E-state index in [1.807, 2.05) is 12.1 Å². The molecule has 0 bridgehead atoms. The molecule has 0 amide bonds. The smallest absolute Gasteiger partial charge is 0.211 e. The summed E-state index contributed by atoms with van der Waals surface area (Å²) in [6.45, 7) is 2.65. The Morgan fingerprint density at radius 3 is 2.50 bits per heavy atom. The second kappa shape index (κ2) is 8.49. The van der Waals surface area contributed by atoms with Gasteiger partial charge in [0.15, 0.2) is 0 Å². The van der Waals surface area contributed by atoms with Crippen molar-refractivity contribution in [3.63, 3.8) is 0 Å². The van der Waals surface area contributed by atoms with Crippen LogP contribution in [-0.2, 0) is 16.4 Å². The first kappa shape index (κ1) is 17.2. The number of allylic oxidation sites excluding steroid dienone is 1. The average molecular weight is 321 g/mol. The molecule has 1 N–H and O–H groups in total. The van der Waals surface area contributed by atoms with Crippen molar-refractivity contribution in [2.45, 2.75) is 63.2 Å². The molecule has 1 aromatic rings. The van der Waals surface area contributed by atoms with Gasteiger partial charge in [0.2, 0.25) is 10.0 Å². The van der Waals surface area contributed by atoms with E-state index >= 15 is 0 Å². The molecule has 0 radical (unpaired) electrons. The first-order chi connectivity index (χ1) is 10.6. The van der Waals surface area contributed by atoms with Crippen molar-refractivity contribution in [3.8, 4) is 0 Å². The number of hydrogen-bond acceptors (Lipinski definition) is 2. The lowest BCUT2D eigenvalue weighted by molar-refractivity contribution is 0.579. The van der Waals surface area contributed by atoms with Gasteiger partial charge < -0.3 is 0 Å². The van der Waals surface area contributed by atoms with Crippen LogP contribution in [0.15, 0.2) is 40.8 Å². The van der Waals surface area contributed by atoms with Gasteiger partial charge in [0.1, 0.15) is 0 Å². The van der Waals surface area contributed by atoms with E-state index in [9.17, 15) is 8.42 Å². The van der Waals surface area contributed by atoms with Crippen LogP contribution < -0.4 is 4.72 Å². The van der Waals surface area contributed by atoms with Gasteiger partial charge in [-0.2, -0.15) is 0 Å². The molecular formula is C18H27NO2S. The largest absolute Gasteiger partial charge is 0.240 e. The predicted octanol–water partition coefficient (Wildman–Crippen LogP) is 4.20. The molecule has 1 aliphatic rings. The fourth-order valence-corrected chi connectivity index (χ4v) is 3.81. The van der Waals surface area contributed by atoms with Crippen LogP contribution in [0.1, 0.15) is 57.4 Å². The van der Waals surface area contributed by atoms with E-state index in [-0.39, 0.29) is 0 Å². The van der Waals surface area contributed by atoms with Crippen molar-refractivity contribution in [1.82, 2.24) is 4.72 Å². The number of nitrogens with one attached hydrogen (secondary N) is 1. The van der Waals surface area contributed by atoms with Crippen LogP contribution in [0.4, 0.5) is 0 Å². The second-order valence-corrected chi connectivity index (χ2v) is 7.77. The third-order valence-electron chi connectivity index (χ3n) is 4.18. The molecule has 1 aromatic carbocycles. The van der Waals surface area contributed by atoms with Crippen LogP contribution in [0.2, 0.25) is 0 Å². The molecule has 0 aliphatic heterocycles. The lowest BCUT2D eigenvalue weighted by Crippen LogP contribution is -2.25. The summed E-state index contributed by atoms with van der Waals surface area (Å²) in [5.74, 6) is 0. The van der Waals surface area contributed by atoms with Gasteiger partial charge in [0.25, 0.3) is 0 Å². The van der Waals surface area contributed by atoms with E-state index < -0.39 is 10.0 Å². The second-order valence-electron chi connectivity index (χ2n) is 6.00. The van der Waals surface area contributed by atoms with Gasteiger partial charge in [-0.1, -0.05) is 37.1 Å². The summed E-state index contributed by atoms with van der Waals surface area (Å²) < 4.78 is 27.3. The maximum absolute atomic E-state index is 12.3. The molecule has 0 fully saturated rings. The monoisotopic (exact) mass is 321 g/mol. The van der Waals surface area contributed by atoms with Gasteiger partial charge in [-0.3, -0.25) is 0 Å². The molecule has 1 aliphatic carbocycles. The molecule has 4 heteroatoms. The van der Waals surface area contributed by atoms with Crippen molar-refractivity contribution in [2.75, 3.05) is 6.54 Å². The van der Waals surface area contributed by atoms with E-state index in [4.69, 9.17) is 0 Å². The molecule has 0 atom stereocenters. The maximum Gasteiger partial charge on any atom is 0.240 e. The topological polar surface area (TPSA) is 46.2 Å². The zero-order valence-electron chi connectivity index (χ0n) is 13.5. The molecule has 0 saturated heterocycles. The first-order valence-corrected chi connectivity index (χ1v) is 9.86. The predicted molar refractivity (Wildman–Crippen MR) is 91.4 cm³/mol. The Balaban J connectivity index is 1.87. The Morgan fingerprint density at radius 2 is 1.86 bits per heavy atom. The normalized spacial score (nSPS) is 15.6. The molecule has 22 heavy (non-hydrogen) atoms. The number of aryl methyl sites for hydroxylation is 1. The van der Waals surface area contributed by atoms with E-state index in [1.54, 1.807) is 12.1 Å².